The summed E-state index contributed by atoms with van der Waals surface area (Å²) in [5.74, 6) is -0.566. The number of phenolic OH excluding ortho intramolecular Hbond substituents is 1. The van der Waals surface area contributed by atoms with Gasteiger partial charge in [0.25, 0.3) is 5.69 Å². The van der Waals surface area contributed by atoms with Crippen molar-refractivity contribution in [3.8, 4) is 5.75 Å². The number of benzene rings is 2. The normalized spacial score (nSPS) is 10.3. The number of aryl methyl sites for hydroxylation is 1. The maximum Gasteiger partial charge on any atom is 0.274 e. The molecule has 0 atom stereocenters. The molecule has 0 bridgehead atoms. The first kappa shape index (κ1) is 13.8. The highest BCUT2D eigenvalue weighted by Gasteiger charge is 2.10. The maximum atomic E-state index is 13.3. The van der Waals surface area contributed by atoms with Gasteiger partial charge >= 0.3 is 0 Å². The molecule has 2 N–H and O–H groups in total. The van der Waals surface area contributed by atoms with E-state index in [-0.39, 0.29) is 23.7 Å². The Morgan fingerprint density at radius 2 is 2.05 bits per heavy atom. The molecule has 0 aliphatic carbocycles. The molecule has 0 amide bonds. The van der Waals surface area contributed by atoms with Gasteiger partial charge in [-0.25, -0.2) is 4.39 Å². The van der Waals surface area contributed by atoms with Crippen LogP contribution in [-0.2, 0) is 6.54 Å². The molecule has 0 aliphatic rings. The molecule has 0 radical (unpaired) electrons. The molecule has 0 spiro atoms. The smallest absolute Gasteiger partial charge is 0.274 e. The highest BCUT2D eigenvalue weighted by molar-refractivity contribution is 5.52. The van der Waals surface area contributed by atoms with Crippen LogP contribution in [0, 0.1) is 22.9 Å². The molecule has 2 rings (SSSR count). The quantitative estimate of drug-likeness (QED) is 0.663. The van der Waals surface area contributed by atoms with E-state index in [1.165, 1.54) is 12.1 Å². The van der Waals surface area contributed by atoms with E-state index in [4.69, 9.17) is 0 Å². The average molecular weight is 276 g/mol. The van der Waals surface area contributed by atoms with E-state index in [1.807, 2.05) is 6.92 Å². The van der Waals surface area contributed by atoms with Crippen LogP contribution in [-0.4, -0.2) is 10.0 Å². The Morgan fingerprint density at radius 3 is 2.75 bits per heavy atom. The zero-order chi connectivity index (χ0) is 14.7. The van der Waals surface area contributed by atoms with Crippen LogP contribution in [0.5, 0.6) is 5.75 Å². The van der Waals surface area contributed by atoms with Gasteiger partial charge in [0.1, 0.15) is 11.6 Å². The van der Waals surface area contributed by atoms with E-state index in [2.05, 4.69) is 5.32 Å². The van der Waals surface area contributed by atoms with Gasteiger partial charge in [0, 0.05) is 23.9 Å². The lowest BCUT2D eigenvalue weighted by molar-refractivity contribution is -0.385. The Labute approximate surface area is 114 Å². The second-order valence-corrected chi connectivity index (χ2v) is 4.44. The number of hydrogen-bond donors (Lipinski definition) is 2. The van der Waals surface area contributed by atoms with E-state index >= 15 is 0 Å². The van der Waals surface area contributed by atoms with Gasteiger partial charge in [0.2, 0.25) is 0 Å². The van der Waals surface area contributed by atoms with Gasteiger partial charge in [-0.15, -0.1) is 0 Å². The maximum absolute atomic E-state index is 13.3. The minimum Gasteiger partial charge on any atom is -0.508 e. The molecule has 0 saturated heterocycles. The first-order valence-electron chi connectivity index (χ1n) is 5.93. The lowest BCUT2D eigenvalue weighted by Gasteiger charge is -2.09. The van der Waals surface area contributed by atoms with Crippen molar-refractivity contribution in [1.82, 2.24) is 0 Å². The predicted octanol–water partition coefficient (Wildman–Crippen LogP) is 3.36. The second kappa shape index (κ2) is 5.56. The molecule has 0 aromatic heterocycles. The van der Waals surface area contributed by atoms with Crippen molar-refractivity contribution >= 4 is 11.4 Å². The minimum absolute atomic E-state index is 0.119. The number of rotatable bonds is 4. The topological polar surface area (TPSA) is 75.4 Å². The van der Waals surface area contributed by atoms with Gasteiger partial charge in [0.05, 0.1) is 11.0 Å². The molecule has 2 aromatic rings. The highest BCUT2D eigenvalue weighted by atomic mass is 19.1. The van der Waals surface area contributed by atoms with Crippen LogP contribution in [0.15, 0.2) is 36.4 Å². The molecule has 0 aliphatic heterocycles. The number of phenols is 1. The van der Waals surface area contributed by atoms with Crippen LogP contribution in [0.3, 0.4) is 0 Å². The molecule has 5 nitrogen and oxygen atoms in total. The Balaban J connectivity index is 2.18. The van der Waals surface area contributed by atoms with Gasteiger partial charge in [0.15, 0.2) is 0 Å². The van der Waals surface area contributed by atoms with Crippen molar-refractivity contribution < 1.29 is 14.4 Å². The summed E-state index contributed by atoms with van der Waals surface area (Å²) in [6.45, 7) is 2.13. The molecule has 6 heteroatoms. The Morgan fingerprint density at radius 1 is 1.30 bits per heavy atom. The van der Waals surface area contributed by atoms with Gasteiger partial charge < -0.3 is 10.4 Å². The molecule has 0 saturated carbocycles. The number of halogens is 1. The molecule has 0 unspecified atom stereocenters. The predicted molar refractivity (Wildman–Crippen MR) is 73.2 cm³/mol. The third kappa shape index (κ3) is 3.23. The summed E-state index contributed by atoms with van der Waals surface area (Å²) >= 11 is 0. The second-order valence-electron chi connectivity index (χ2n) is 4.44. The lowest BCUT2D eigenvalue weighted by Crippen LogP contribution is -2.01. The molecular formula is C14H13FN2O3. The van der Waals surface area contributed by atoms with E-state index in [1.54, 1.807) is 18.2 Å². The van der Waals surface area contributed by atoms with Crippen LogP contribution in [0.4, 0.5) is 15.8 Å². The van der Waals surface area contributed by atoms with E-state index in [0.717, 1.165) is 11.6 Å². The Bertz CT molecular complexity index is 659. The Kier molecular flexibility index (Phi) is 3.84. The van der Waals surface area contributed by atoms with Crippen molar-refractivity contribution in [3.63, 3.8) is 0 Å². The van der Waals surface area contributed by atoms with Crippen LogP contribution in [0.1, 0.15) is 11.1 Å². The SMILES string of the molecule is Cc1ccc(O)c(CNc2cc(F)cc([N+](=O)[O-])c2)c1. The van der Waals surface area contributed by atoms with Crippen LogP contribution in [0.2, 0.25) is 0 Å². The summed E-state index contributed by atoms with van der Waals surface area (Å²) in [5.41, 5.74) is 1.58. The van der Waals surface area contributed by atoms with Crippen molar-refractivity contribution in [2.45, 2.75) is 13.5 Å². The molecule has 20 heavy (non-hydrogen) atoms. The fraction of sp³-hybridized carbons (Fsp3) is 0.143. The van der Waals surface area contributed by atoms with Gasteiger partial charge in [-0.05, 0) is 19.1 Å². The fourth-order valence-corrected chi connectivity index (χ4v) is 1.83. The molecular weight excluding hydrogens is 263 g/mol. The third-order valence-electron chi connectivity index (χ3n) is 2.81. The van der Waals surface area contributed by atoms with E-state index < -0.39 is 10.7 Å². The summed E-state index contributed by atoms with van der Waals surface area (Å²) in [5, 5.41) is 23.2. The fourth-order valence-electron chi connectivity index (χ4n) is 1.83. The summed E-state index contributed by atoms with van der Waals surface area (Å²) in [6, 6.07) is 8.40. The number of nitro benzene ring substituents is 1. The highest BCUT2D eigenvalue weighted by Crippen LogP contribution is 2.23. The standard InChI is InChI=1S/C14H13FN2O3/c1-9-2-3-14(18)10(4-9)8-16-12-5-11(15)6-13(7-12)17(19)20/h2-7,16,18H,8H2,1H3. The molecule has 104 valence electrons. The van der Waals surface area contributed by atoms with Crippen molar-refractivity contribution in [3.05, 3.63) is 63.5 Å². The van der Waals surface area contributed by atoms with Gasteiger partial charge in [-0.1, -0.05) is 17.7 Å². The van der Waals surface area contributed by atoms with Crippen molar-refractivity contribution in [2.75, 3.05) is 5.32 Å². The largest absolute Gasteiger partial charge is 0.508 e. The molecule has 0 heterocycles. The monoisotopic (exact) mass is 276 g/mol. The van der Waals surface area contributed by atoms with E-state index in [9.17, 15) is 19.6 Å². The number of nitrogens with one attached hydrogen (secondary N) is 1. The third-order valence-corrected chi connectivity index (χ3v) is 2.81. The summed E-state index contributed by atoms with van der Waals surface area (Å²) in [6.07, 6.45) is 0. The van der Waals surface area contributed by atoms with E-state index in [0.29, 0.717) is 5.56 Å². The van der Waals surface area contributed by atoms with Crippen LogP contribution in [0.25, 0.3) is 0 Å². The Hall–Kier alpha value is -2.63. The zero-order valence-electron chi connectivity index (χ0n) is 10.8. The zero-order valence-corrected chi connectivity index (χ0v) is 10.8. The van der Waals surface area contributed by atoms with Crippen LogP contribution >= 0.6 is 0 Å². The number of non-ortho nitro benzene ring substituents is 1. The number of nitrogens with zero attached hydrogens (tertiary/aromatic N) is 1. The lowest BCUT2D eigenvalue weighted by atomic mass is 10.1. The summed E-state index contributed by atoms with van der Waals surface area (Å²) in [7, 11) is 0. The summed E-state index contributed by atoms with van der Waals surface area (Å²) < 4.78 is 13.3. The van der Waals surface area contributed by atoms with Crippen molar-refractivity contribution in [2.24, 2.45) is 0 Å². The molecule has 0 fully saturated rings. The number of nitro groups is 1. The average Bonchev–Trinajstić information content (AvgIpc) is 2.39. The minimum atomic E-state index is -0.685. The molecule has 2 aromatic carbocycles. The number of anilines is 1. The first-order chi connectivity index (χ1) is 9.45. The number of aromatic hydroxyl groups is 1. The summed E-state index contributed by atoms with van der Waals surface area (Å²) in [4.78, 5) is 10.00. The first-order valence-corrected chi connectivity index (χ1v) is 5.93. The van der Waals surface area contributed by atoms with Crippen molar-refractivity contribution in [1.29, 1.82) is 0 Å². The van der Waals surface area contributed by atoms with Gasteiger partial charge in [-0.3, -0.25) is 10.1 Å². The van der Waals surface area contributed by atoms with Gasteiger partial charge in [-0.2, -0.15) is 0 Å². The number of hydrogen-bond acceptors (Lipinski definition) is 4. The van der Waals surface area contributed by atoms with Crippen LogP contribution < -0.4 is 5.32 Å².